The number of ether oxygens (including phenoxy) is 1. The molecule has 2 fully saturated rings. The first kappa shape index (κ1) is 21.5. The Morgan fingerprint density at radius 2 is 1.70 bits per heavy atom. The van der Waals surface area contributed by atoms with E-state index in [0.29, 0.717) is 29.8 Å². The van der Waals surface area contributed by atoms with Crippen molar-refractivity contribution < 1.29 is 21.6 Å². The average molecular weight is 451 g/mol. The smallest absolute Gasteiger partial charge is 0.243 e. The van der Waals surface area contributed by atoms with Crippen molar-refractivity contribution in [2.45, 2.75) is 54.7 Å². The highest BCUT2D eigenvalue weighted by Crippen LogP contribution is 2.36. The highest BCUT2D eigenvalue weighted by atomic mass is 32.2. The van der Waals surface area contributed by atoms with Crippen LogP contribution in [0.5, 0.6) is 0 Å². The minimum atomic E-state index is -3.61. The third-order valence-electron chi connectivity index (χ3n) is 5.82. The Morgan fingerprint density at radius 1 is 1.00 bits per heavy atom. The Hall–Kier alpha value is -1.78. The molecule has 2 heterocycles. The van der Waals surface area contributed by atoms with Crippen LogP contribution in [0.4, 0.5) is 0 Å². The third kappa shape index (κ3) is 4.04. The third-order valence-corrected chi connectivity index (χ3v) is 9.31. The summed E-state index contributed by atoms with van der Waals surface area (Å²) >= 11 is 0. The van der Waals surface area contributed by atoms with E-state index in [-0.39, 0.29) is 29.7 Å². The maximum Gasteiger partial charge on any atom is 0.243 e. The molecular weight excluding hydrogens is 424 g/mol. The van der Waals surface area contributed by atoms with Crippen LogP contribution < -0.4 is 4.72 Å². The fourth-order valence-corrected chi connectivity index (χ4v) is 7.03. The number of nitrogens with zero attached hydrogens (tertiary/aromatic N) is 1. The Kier molecular flexibility index (Phi) is 5.75. The van der Waals surface area contributed by atoms with Crippen molar-refractivity contribution in [1.82, 2.24) is 9.03 Å². The van der Waals surface area contributed by atoms with Crippen LogP contribution in [0.25, 0.3) is 0 Å². The molecule has 1 N–H and O–H groups in total. The molecule has 2 saturated heterocycles. The SMILES string of the molecule is Cc1ccc(S(=O)(=O)N2C[C@@H]3O[C@@H](CNS(=O)(=O)c4ccccc4C)CC[C@@H]32)cc1. The van der Waals surface area contributed by atoms with Gasteiger partial charge in [-0.1, -0.05) is 35.9 Å². The topological polar surface area (TPSA) is 92.8 Å². The summed E-state index contributed by atoms with van der Waals surface area (Å²) in [5.41, 5.74) is 1.69. The summed E-state index contributed by atoms with van der Waals surface area (Å²) in [6.45, 7) is 4.14. The van der Waals surface area contributed by atoms with Crippen molar-refractivity contribution in [3.63, 3.8) is 0 Å². The molecule has 2 aromatic carbocycles. The number of benzene rings is 2. The molecule has 0 aliphatic carbocycles. The van der Waals surface area contributed by atoms with Gasteiger partial charge in [0.05, 0.1) is 28.0 Å². The van der Waals surface area contributed by atoms with Gasteiger partial charge in [-0.25, -0.2) is 21.6 Å². The van der Waals surface area contributed by atoms with Crippen molar-refractivity contribution in [2.75, 3.05) is 13.1 Å². The van der Waals surface area contributed by atoms with Gasteiger partial charge in [-0.2, -0.15) is 4.31 Å². The van der Waals surface area contributed by atoms with E-state index in [1.807, 2.05) is 6.92 Å². The predicted molar refractivity (Wildman–Crippen MR) is 113 cm³/mol. The number of aryl methyl sites for hydroxylation is 2. The van der Waals surface area contributed by atoms with E-state index >= 15 is 0 Å². The number of hydrogen-bond acceptors (Lipinski definition) is 5. The first-order valence-electron chi connectivity index (χ1n) is 9.98. The van der Waals surface area contributed by atoms with Gasteiger partial charge < -0.3 is 4.74 Å². The molecule has 2 aliphatic rings. The minimum Gasteiger partial charge on any atom is -0.371 e. The summed E-state index contributed by atoms with van der Waals surface area (Å²) in [7, 11) is -7.15. The van der Waals surface area contributed by atoms with Crippen molar-refractivity contribution in [3.8, 4) is 0 Å². The van der Waals surface area contributed by atoms with Gasteiger partial charge in [-0.3, -0.25) is 0 Å². The van der Waals surface area contributed by atoms with E-state index in [4.69, 9.17) is 4.74 Å². The van der Waals surface area contributed by atoms with Crippen LogP contribution in [-0.2, 0) is 24.8 Å². The van der Waals surface area contributed by atoms with Gasteiger partial charge in [0.25, 0.3) is 0 Å². The molecule has 3 atom stereocenters. The molecule has 7 nitrogen and oxygen atoms in total. The lowest BCUT2D eigenvalue weighted by Crippen LogP contribution is -2.66. The molecule has 0 aromatic heterocycles. The van der Waals surface area contributed by atoms with Crippen LogP contribution in [-0.4, -0.2) is 52.5 Å². The molecule has 30 heavy (non-hydrogen) atoms. The van der Waals surface area contributed by atoms with Gasteiger partial charge in [-0.05, 0) is 50.5 Å². The van der Waals surface area contributed by atoms with Gasteiger partial charge in [0.1, 0.15) is 0 Å². The molecular formula is C21H26N2O5S2. The normalized spacial score (nSPS) is 24.8. The van der Waals surface area contributed by atoms with Gasteiger partial charge in [0.15, 0.2) is 0 Å². The number of hydrogen-bond donors (Lipinski definition) is 1. The lowest BCUT2D eigenvalue weighted by atomic mass is 9.92. The van der Waals surface area contributed by atoms with Crippen LogP contribution in [0, 0.1) is 13.8 Å². The molecule has 162 valence electrons. The van der Waals surface area contributed by atoms with E-state index in [9.17, 15) is 16.8 Å². The number of fused-ring (bicyclic) bond motifs is 1. The number of nitrogens with one attached hydrogen (secondary N) is 1. The summed E-state index contributed by atoms with van der Waals surface area (Å²) in [4.78, 5) is 0.553. The molecule has 0 unspecified atom stereocenters. The molecule has 2 aromatic rings. The van der Waals surface area contributed by atoms with Crippen molar-refractivity contribution in [3.05, 3.63) is 59.7 Å². The Balaban J connectivity index is 1.36. The van der Waals surface area contributed by atoms with Crippen molar-refractivity contribution in [2.24, 2.45) is 0 Å². The van der Waals surface area contributed by atoms with E-state index in [1.165, 1.54) is 4.31 Å². The van der Waals surface area contributed by atoms with Crippen LogP contribution in [0.3, 0.4) is 0 Å². The summed E-state index contributed by atoms with van der Waals surface area (Å²) < 4.78 is 61.0. The lowest BCUT2D eigenvalue weighted by molar-refractivity contribution is -0.136. The highest BCUT2D eigenvalue weighted by molar-refractivity contribution is 7.89. The molecule has 0 amide bonds. The van der Waals surface area contributed by atoms with Gasteiger partial charge in [0, 0.05) is 13.1 Å². The first-order chi connectivity index (χ1) is 14.2. The average Bonchev–Trinajstić information content (AvgIpc) is 2.68. The molecule has 9 heteroatoms. The monoisotopic (exact) mass is 450 g/mol. The summed E-state index contributed by atoms with van der Waals surface area (Å²) in [5, 5.41) is 0. The molecule has 0 spiro atoms. The van der Waals surface area contributed by atoms with Gasteiger partial charge >= 0.3 is 0 Å². The van der Waals surface area contributed by atoms with Gasteiger partial charge in [0.2, 0.25) is 20.0 Å². The Labute approximate surface area is 178 Å². The summed E-state index contributed by atoms with van der Waals surface area (Å²) in [6.07, 6.45) is 0.769. The predicted octanol–water partition coefficient (Wildman–Crippen LogP) is 2.20. The molecule has 4 rings (SSSR count). The van der Waals surface area contributed by atoms with E-state index in [2.05, 4.69) is 4.72 Å². The second-order valence-corrected chi connectivity index (χ2v) is 11.6. The van der Waals surface area contributed by atoms with Crippen LogP contribution in [0.15, 0.2) is 58.3 Å². The van der Waals surface area contributed by atoms with E-state index < -0.39 is 20.0 Å². The fraction of sp³-hybridized carbons (Fsp3) is 0.429. The molecule has 0 bridgehead atoms. The van der Waals surface area contributed by atoms with Crippen molar-refractivity contribution in [1.29, 1.82) is 0 Å². The second kappa shape index (κ2) is 8.05. The lowest BCUT2D eigenvalue weighted by Gasteiger charge is -2.50. The Morgan fingerprint density at radius 3 is 2.37 bits per heavy atom. The van der Waals surface area contributed by atoms with Crippen LogP contribution >= 0.6 is 0 Å². The van der Waals surface area contributed by atoms with Crippen LogP contribution in [0.1, 0.15) is 24.0 Å². The second-order valence-electron chi connectivity index (χ2n) is 7.95. The maximum atomic E-state index is 12.9. The minimum absolute atomic E-state index is 0.171. The van der Waals surface area contributed by atoms with Crippen LogP contribution in [0.2, 0.25) is 0 Å². The largest absolute Gasteiger partial charge is 0.371 e. The highest BCUT2D eigenvalue weighted by Gasteiger charge is 2.49. The zero-order valence-electron chi connectivity index (χ0n) is 17.0. The zero-order chi connectivity index (χ0) is 21.5. The zero-order valence-corrected chi connectivity index (χ0v) is 18.6. The molecule has 0 saturated carbocycles. The number of rotatable bonds is 6. The van der Waals surface area contributed by atoms with Crippen molar-refractivity contribution >= 4 is 20.0 Å². The standard InChI is InChI=1S/C21H26N2O5S2/c1-15-7-10-18(11-8-15)30(26,27)23-14-20-19(23)12-9-17(28-20)13-22-29(24,25)21-6-4-3-5-16(21)2/h3-8,10-11,17,19-20,22H,9,12-14H2,1-2H3/t17-,19+,20+/m1/s1. The maximum absolute atomic E-state index is 12.9. The Bertz CT molecular complexity index is 1130. The van der Waals surface area contributed by atoms with E-state index in [1.54, 1.807) is 55.5 Å². The molecule has 0 radical (unpaired) electrons. The molecule has 2 aliphatic heterocycles. The van der Waals surface area contributed by atoms with Gasteiger partial charge in [-0.15, -0.1) is 0 Å². The first-order valence-corrected chi connectivity index (χ1v) is 12.9. The summed E-state index contributed by atoms with van der Waals surface area (Å²) in [5.74, 6) is 0. The number of sulfonamides is 2. The van der Waals surface area contributed by atoms with E-state index in [0.717, 1.165) is 5.56 Å². The summed E-state index contributed by atoms with van der Waals surface area (Å²) in [6, 6.07) is 13.5. The fourth-order valence-electron chi connectivity index (χ4n) is 4.03. The quantitative estimate of drug-likeness (QED) is 0.728.